The summed E-state index contributed by atoms with van der Waals surface area (Å²) in [5.74, 6) is 2.24. The minimum Gasteiger partial charge on any atom is -0.338 e. The molecule has 2 rings (SSSR count). The number of unbranched alkanes of at least 4 members (excludes halogenated alkanes) is 1. The van der Waals surface area contributed by atoms with Crippen LogP contribution in [-0.4, -0.2) is 10.1 Å². The van der Waals surface area contributed by atoms with E-state index in [9.17, 15) is 0 Å². The van der Waals surface area contributed by atoms with Crippen LogP contribution in [0.15, 0.2) is 4.52 Å². The van der Waals surface area contributed by atoms with Gasteiger partial charge in [-0.2, -0.15) is 4.98 Å². The molecule has 0 unspecified atom stereocenters. The zero-order valence-corrected chi connectivity index (χ0v) is 9.28. The number of rotatable bonds is 6. The van der Waals surface area contributed by atoms with Gasteiger partial charge in [0.15, 0.2) is 5.82 Å². The summed E-state index contributed by atoms with van der Waals surface area (Å²) >= 11 is 0. The van der Waals surface area contributed by atoms with E-state index in [0.717, 1.165) is 37.4 Å². The van der Waals surface area contributed by atoms with Gasteiger partial charge in [0, 0.05) is 6.42 Å². The Labute approximate surface area is 90.2 Å². The molecule has 0 aliphatic heterocycles. The van der Waals surface area contributed by atoms with Gasteiger partial charge in [-0.05, 0) is 25.2 Å². The molecule has 1 aliphatic carbocycles. The van der Waals surface area contributed by atoms with Crippen LogP contribution in [0.25, 0.3) is 0 Å². The molecule has 2 N–H and O–H groups in total. The molecule has 0 bridgehead atoms. The molecule has 4 nitrogen and oxygen atoms in total. The Hall–Kier alpha value is -0.900. The van der Waals surface area contributed by atoms with Crippen LogP contribution in [0.5, 0.6) is 0 Å². The lowest BCUT2D eigenvalue weighted by Gasteiger charge is -2.03. The maximum absolute atomic E-state index is 5.94. The second-order valence-corrected chi connectivity index (χ2v) is 4.45. The first-order valence-electron chi connectivity index (χ1n) is 5.87. The lowest BCUT2D eigenvalue weighted by molar-refractivity contribution is 0.342. The summed E-state index contributed by atoms with van der Waals surface area (Å²) in [6.45, 7) is 2.15. The van der Waals surface area contributed by atoms with Gasteiger partial charge in [0.1, 0.15) is 0 Å². The van der Waals surface area contributed by atoms with Crippen molar-refractivity contribution in [2.45, 2.75) is 51.5 Å². The first-order valence-corrected chi connectivity index (χ1v) is 5.87. The van der Waals surface area contributed by atoms with Crippen molar-refractivity contribution < 1.29 is 4.52 Å². The molecule has 15 heavy (non-hydrogen) atoms. The fourth-order valence-corrected chi connectivity index (χ4v) is 1.63. The van der Waals surface area contributed by atoms with Gasteiger partial charge in [0.25, 0.3) is 0 Å². The normalized spacial score (nSPS) is 18.0. The van der Waals surface area contributed by atoms with E-state index in [4.69, 9.17) is 10.3 Å². The average Bonchev–Trinajstić information content (AvgIpc) is 2.91. The standard InChI is InChI=1S/C11H19N3O/c1-2-3-4-9(12)11-13-10(14-15-11)7-8-5-6-8/h8-9H,2-7,12H2,1H3/t9-/m0/s1. The van der Waals surface area contributed by atoms with Gasteiger partial charge in [0.2, 0.25) is 5.89 Å². The smallest absolute Gasteiger partial charge is 0.243 e. The van der Waals surface area contributed by atoms with Crippen molar-refractivity contribution in [3.63, 3.8) is 0 Å². The van der Waals surface area contributed by atoms with Crippen LogP contribution in [0.1, 0.15) is 56.8 Å². The van der Waals surface area contributed by atoms with Gasteiger partial charge < -0.3 is 10.3 Å². The summed E-state index contributed by atoms with van der Waals surface area (Å²) < 4.78 is 5.17. The Kier molecular flexibility index (Phi) is 3.36. The number of nitrogens with zero attached hydrogens (tertiary/aromatic N) is 2. The van der Waals surface area contributed by atoms with Crippen molar-refractivity contribution >= 4 is 0 Å². The second kappa shape index (κ2) is 4.75. The van der Waals surface area contributed by atoms with E-state index in [2.05, 4.69) is 17.1 Å². The van der Waals surface area contributed by atoms with Crippen molar-refractivity contribution in [2.24, 2.45) is 11.7 Å². The summed E-state index contributed by atoms with van der Waals surface area (Å²) in [6, 6.07) is -0.0783. The zero-order valence-electron chi connectivity index (χ0n) is 9.28. The molecule has 1 aliphatic rings. The lowest BCUT2D eigenvalue weighted by atomic mass is 10.1. The fourth-order valence-electron chi connectivity index (χ4n) is 1.63. The molecule has 1 heterocycles. The molecule has 1 atom stereocenters. The van der Waals surface area contributed by atoms with Gasteiger partial charge in [-0.25, -0.2) is 0 Å². The summed E-state index contributed by atoms with van der Waals surface area (Å²) in [5, 5.41) is 3.96. The van der Waals surface area contributed by atoms with Crippen LogP contribution in [0.2, 0.25) is 0 Å². The van der Waals surface area contributed by atoms with E-state index in [1.807, 2.05) is 0 Å². The molecule has 4 heteroatoms. The maximum atomic E-state index is 5.94. The summed E-state index contributed by atoms with van der Waals surface area (Å²) in [6.07, 6.45) is 6.78. The molecule has 1 fully saturated rings. The van der Waals surface area contributed by atoms with Crippen LogP contribution in [-0.2, 0) is 6.42 Å². The van der Waals surface area contributed by atoms with E-state index in [1.165, 1.54) is 12.8 Å². The summed E-state index contributed by atoms with van der Waals surface area (Å²) in [7, 11) is 0. The predicted octanol–water partition coefficient (Wildman–Crippen LogP) is 2.21. The van der Waals surface area contributed by atoms with Crippen LogP contribution in [0.3, 0.4) is 0 Å². The van der Waals surface area contributed by atoms with E-state index in [-0.39, 0.29) is 6.04 Å². The Bertz CT molecular complexity index is 307. The Morgan fingerprint density at radius 2 is 2.33 bits per heavy atom. The summed E-state index contributed by atoms with van der Waals surface area (Å²) in [4.78, 5) is 4.34. The zero-order chi connectivity index (χ0) is 10.7. The van der Waals surface area contributed by atoms with E-state index >= 15 is 0 Å². The van der Waals surface area contributed by atoms with Gasteiger partial charge in [-0.3, -0.25) is 0 Å². The van der Waals surface area contributed by atoms with Crippen molar-refractivity contribution in [1.29, 1.82) is 0 Å². The van der Waals surface area contributed by atoms with E-state index in [0.29, 0.717) is 5.89 Å². The first-order chi connectivity index (χ1) is 7.29. The number of aromatic nitrogens is 2. The Balaban J connectivity index is 1.86. The van der Waals surface area contributed by atoms with Crippen LogP contribution in [0.4, 0.5) is 0 Å². The largest absolute Gasteiger partial charge is 0.338 e. The third kappa shape index (κ3) is 3.02. The highest BCUT2D eigenvalue weighted by Crippen LogP contribution is 2.31. The molecule has 0 radical (unpaired) electrons. The highest BCUT2D eigenvalue weighted by molar-refractivity contribution is 4.95. The Morgan fingerprint density at radius 3 is 3.00 bits per heavy atom. The summed E-state index contributed by atoms with van der Waals surface area (Å²) in [5.41, 5.74) is 5.94. The van der Waals surface area contributed by atoms with Gasteiger partial charge in [-0.15, -0.1) is 0 Å². The number of hydrogen-bond donors (Lipinski definition) is 1. The Morgan fingerprint density at radius 1 is 1.53 bits per heavy atom. The lowest BCUT2D eigenvalue weighted by Crippen LogP contribution is -2.10. The van der Waals surface area contributed by atoms with Gasteiger partial charge >= 0.3 is 0 Å². The average molecular weight is 209 g/mol. The highest BCUT2D eigenvalue weighted by Gasteiger charge is 2.24. The molecule has 1 aromatic heterocycles. The third-order valence-corrected chi connectivity index (χ3v) is 2.84. The van der Waals surface area contributed by atoms with Crippen molar-refractivity contribution in [2.75, 3.05) is 0 Å². The minimum atomic E-state index is -0.0783. The number of nitrogens with two attached hydrogens (primary N) is 1. The molecule has 84 valence electrons. The topological polar surface area (TPSA) is 64.9 Å². The van der Waals surface area contributed by atoms with Crippen molar-refractivity contribution in [3.05, 3.63) is 11.7 Å². The van der Waals surface area contributed by atoms with Gasteiger partial charge in [0.05, 0.1) is 6.04 Å². The minimum absolute atomic E-state index is 0.0783. The molecule has 0 amide bonds. The molecule has 1 saturated carbocycles. The SMILES string of the molecule is CCCC[C@H](N)c1nc(CC2CC2)no1. The van der Waals surface area contributed by atoms with Gasteiger partial charge in [-0.1, -0.05) is 24.9 Å². The third-order valence-electron chi connectivity index (χ3n) is 2.84. The quantitative estimate of drug-likeness (QED) is 0.780. The molecular weight excluding hydrogens is 190 g/mol. The highest BCUT2D eigenvalue weighted by atomic mass is 16.5. The van der Waals surface area contributed by atoms with Crippen molar-refractivity contribution in [3.8, 4) is 0 Å². The molecule has 0 aromatic carbocycles. The molecule has 0 spiro atoms. The number of hydrogen-bond acceptors (Lipinski definition) is 4. The van der Waals surface area contributed by atoms with Crippen LogP contribution < -0.4 is 5.73 Å². The molecule has 0 saturated heterocycles. The predicted molar refractivity (Wildman–Crippen MR) is 57.2 cm³/mol. The molecule has 1 aromatic rings. The van der Waals surface area contributed by atoms with Crippen molar-refractivity contribution in [1.82, 2.24) is 10.1 Å². The van der Waals surface area contributed by atoms with E-state index in [1.54, 1.807) is 0 Å². The maximum Gasteiger partial charge on any atom is 0.243 e. The fraction of sp³-hybridized carbons (Fsp3) is 0.818. The van der Waals surface area contributed by atoms with E-state index < -0.39 is 0 Å². The second-order valence-electron chi connectivity index (χ2n) is 4.45. The monoisotopic (exact) mass is 209 g/mol. The molecular formula is C11H19N3O. The van der Waals surface area contributed by atoms with Crippen LogP contribution >= 0.6 is 0 Å². The first kappa shape index (κ1) is 10.6. The van der Waals surface area contributed by atoms with Crippen LogP contribution in [0, 0.1) is 5.92 Å².